The first kappa shape index (κ1) is 9.56. The zero-order valence-corrected chi connectivity index (χ0v) is 4.98. The molecule has 0 bridgehead atoms. The fourth-order valence-electron chi connectivity index (χ4n) is 0. The fraction of sp³-hybridized carbons (Fsp3) is 0.333. The lowest BCUT2D eigenvalue weighted by molar-refractivity contribution is 0.339. The Kier molecular flexibility index (Phi) is 25.4. The molecule has 0 aromatic heterocycles. The van der Waals surface area contributed by atoms with Gasteiger partial charge in [0, 0.05) is 0 Å². The van der Waals surface area contributed by atoms with E-state index in [9.17, 15) is 0 Å². The van der Waals surface area contributed by atoms with Gasteiger partial charge in [-0.15, -0.1) is 6.58 Å². The molecular formula is C6H12O. The molecule has 0 fully saturated rings. The van der Waals surface area contributed by atoms with E-state index in [2.05, 4.69) is 17.9 Å². The van der Waals surface area contributed by atoms with Crippen LogP contribution in [0.25, 0.3) is 0 Å². The molecular weight excluding hydrogens is 88.1 g/mol. The Labute approximate surface area is 45.3 Å². The fourth-order valence-corrected chi connectivity index (χ4v) is 0. The van der Waals surface area contributed by atoms with Crippen molar-refractivity contribution >= 4 is 0 Å². The molecule has 1 nitrogen and oxygen atoms in total. The number of hydrogen-bond donors (Lipinski definition) is 0. The summed E-state index contributed by atoms with van der Waals surface area (Å²) in [6.07, 6.45) is 3.12. The van der Waals surface area contributed by atoms with Crippen molar-refractivity contribution in [2.75, 3.05) is 7.11 Å². The molecule has 0 aromatic rings. The SMILES string of the molecule is C=CC.C=COC. The van der Waals surface area contributed by atoms with E-state index >= 15 is 0 Å². The average Bonchev–Trinajstić information content (AvgIpc) is 1.69. The maximum Gasteiger partial charge on any atom is 0.0766 e. The van der Waals surface area contributed by atoms with Gasteiger partial charge in [0.2, 0.25) is 0 Å². The standard InChI is InChI=1S/C3H6O.C3H6/c1-3-4-2;1-3-2/h3H,1H2,2H3;3H,1H2,2H3. The minimum Gasteiger partial charge on any atom is -0.505 e. The number of allylic oxidation sites excluding steroid dienone is 1. The molecule has 0 saturated heterocycles. The van der Waals surface area contributed by atoms with Crippen LogP contribution in [0, 0.1) is 0 Å². The predicted molar refractivity (Wildman–Crippen MR) is 33.1 cm³/mol. The third kappa shape index (κ3) is 725. The van der Waals surface area contributed by atoms with Crippen molar-refractivity contribution in [2.45, 2.75) is 6.92 Å². The molecule has 0 aliphatic heterocycles. The quantitative estimate of drug-likeness (QED) is 0.361. The van der Waals surface area contributed by atoms with Crippen molar-refractivity contribution < 1.29 is 4.74 Å². The highest BCUT2D eigenvalue weighted by Crippen LogP contribution is 1.52. The summed E-state index contributed by atoms with van der Waals surface area (Å²) in [6, 6.07) is 0. The van der Waals surface area contributed by atoms with E-state index in [-0.39, 0.29) is 0 Å². The topological polar surface area (TPSA) is 9.23 Å². The molecule has 0 aromatic carbocycles. The monoisotopic (exact) mass is 100 g/mol. The molecule has 42 valence electrons. The van der Waals surface area contributed by atoms with Gasteiger partial charge >= 0.3 is 0 Å². The van der Waals surface area contributed by atoms with Gasteiger partial charge in [-0.1, -0.05) is 12.7 Å². The minimum absolute atomic E-state index is 1.38. The van der Waals surface area contributed by atoms with Gasteiger partial charge in [0.05, 0.1) is 13.4 Å². The zero-order valence-electron chi connectivity index (χ0n) is 4.98. The molecule has 0 atom stereocenters. The smallest absolute Gasteiger partial charge is 0.0766 e. The predicted octanol–water partition coefficient (Wildman–Crippen LogP) is 1.97. The minimum atomic E-state index is 1.38. The molecule has 0 radical (unpaired) electrons. The number of ether oxygens (including phenoxy) is 1. The van der Waals surface area contributed by atoms with E-state index in [0.29, 0.717) is 0 Å². The average molecular weight is 100 g/mol. The first-order valence-electron chi connectivity index (χ1n) is 2.04. The van der Waals surface area contributed by atoms with Gasteiger partial charge in [-0.25, -0.2) is 0 Å². The molecule has 0 unspecified atom stereocenters. The van der Waals surface area contributed by atoms with Crippen LogP contribution in [0.2, 0.25) is 0 Å². The van der Waals surface area contributed by atoms with Crippen molar-refractivity contribution in [3.63, 3.8) is 0 Å². The van der Waals surface area contributed by atoms with Crippen LogP contribution in [0.3, 0.4) is 0 Å². The Balaban J connectivity index is 0. The molecule has 0 saturated carbocycles. The van der Waals surface area contributed by atoms with Crippen LogP contribution in [0.4, 0.5) is 0 Å². The summed E-state index contributed by atoms with van der Waals surface area (Å²) in [6.45, 7) is 8.51. The van der Waals surface area contributed by atoms with Gasteiger partial charge in [0.25, 0.3) is 0 Å². The summed E-state index contributed by atoms with van der Waals surface area (Å²) in [5.74, 6) is 0. The third-order valence-electron chi connectivity index (χ3n) is 0.167. The van der Waals surface area contributed by atoms with Crippen LogP contribution in [-0.4, -0.2) is 7.11 Å². The van der Waals surface area contributed by atoms with Crippen LogP contribution in [0.1, 0.15) is 6.92 Å². The van der Waals surface area contributed by atoms with Crippen molar-refractivity contribution in [3.8, 4) is 0 Å². The van der Waals surface area contributed by atoms with E-state index in [0.717, 1.165) is 0 Å². The first-order valence-corrected chi connectivity index (χ1v) is 2.04. The normalized spacial score (nSPS) is 4.86. The maximum absolute atomic E-state index is 4.31. The molecule has 1 heteroatoms. The second-order valence-electron chi connectivity index (χ2n) is 0.811. The second-order valence-corrected chi connectivity index (χ2v) is 0.811. The van der Waals surface area contributed by atoms with E-state index in [1.54, 1.807) is 13.2 Å². The summed E-state index contributed by atoms with van der Waals surface area (Å²) < 4.78 is 4.31. The van der Waals surface area contributed by atoms with Crippen LogP contribution < -0.4 is 0 Å². The molecule has 0 aliphatic carbocycles. The highest BCUT2D eigenvalue weighted by molar-refractivity contribution is 4.51. The van der Waals surface area contributed by atoms with E-state index < -0.39 is 0 Å². The Morgan fingerprint density at radius 1 is 1.43 bits per heavy atom. The first-order chi connectivity index (χ1) is 3.33. The van der Waals surface area contributed by atoms with Gasteiger partial charge in [0.15, 0.2) is 0 Å². The molecule has 0 N–H and O–H groups in total. The van der Waals surface area contributed by atoms with Crippen molar-refractivity contribution in [1.29, 1.82) is 0 Å². The summed E-state index contributed by atoms with van der Waals surface area (Å²) in [5.41, 5.74) is 0. The number of rotatable bonds is 1. The Bertz CT molecular complexity index is 39.4. The molecule has 7 heavy (non-hydrogen) atoms. The van der Waals surface area contributed by atoms with Gasteiger partial charge in [-0.05, 0) is 6.92 Å². The van der Waals surface area contributed by atoms with Crippen LogP contribution in [0.15, 0.2) is 25.5 Å². The van der Waals surface area contributed by atoms with Crippen LogP contribution in [-0.2, 0) is 4.74 Å². The van der Waals surface area contributed by atoms with Gasteiger partial charge in [0.1, 0.15) is 0 Å². The highest BCUT2D eigenvalue weighted by atomic mass is 16.5. The van der Waals surface area contributed by atoms with E-state index in [1.165, 1.54) is 6.26 Å². The van der Waals surface area contributed by atoms with Gasteiger partial charge < -0.3 is 4.74 Å². The van der Waals surface area contributed by atoms with Gasteiger partial charge in [-0.3, -0.25) is 0 Å². The van der Waals surface area contributed by atoms with E-state index in [4.69, 9.17) is 0 Å². The Morgan fingerprint density at radius 3 is 1.57 bits per heavy atom. The summed E-state index contributed by atoms with van der Waals surface area (Å²) in [4.78, 5) is 0. The Hall–Kier alpha value is -0.720. The lowest BCUT2D eigenvalue weighted by atomic mass is 10.8. The van der Waals surface area contributed by atoms with Crippen molar-refractivity contribution in [3.05, 3.63) is 25.5 Å². The lowest BCUT2D eigenvalue weighted by Crippen LogP contribution is -1.54. The van der Waals surface area contributed by atoms with Crippen LogP contribution >= 0.6 is 0 Å². The highest BCUT2D eigenvalue weighted by Gasteiger charge is 1.36. The second kappa shape index (κ2) is 18.6. The molecule has 0 rings (SSSR count). The lowest BCUT2D eigenvalue weighted by Gasteiger charge is -1.73. The van der Waals surface area contributed by atoms with Crippen molar-refractivity contribution in [1.82, 2.24) is 0 Å². The zero-order chi connectivity index (χ0) is 6.12. The van der Waals surface area contributed by atoms with Gasteiger partial charge in [-0.2, -0.15) is 0 Å². The molecule has 0 amide bonds. The van der Waals surface area contributed by atoms with E-state index in [1.807, 2.05) is 6.92 Å². The number of hydrogen-bond acceptors (Lipinski definition) is 1. The summed E-state index contributed by atoms with van der Waals surface area (Å²) in [7, 11) is 1.56. The third-order valence-corrected chi connectivity index (χ3v) is 0.167. The van der Waals surface area contributed by atoms with Crippen molar-refractivity contribution in [2.24, 2.45) is 0 Å². The van der Waals surface area contributed by atoms with Crippen LogP contribution in [0.5, 0.6) is 0 Å². The summed E-state index contributed by atoms with van der Waals surface area (Å²) >= 11 is 0. The Morgan fingerprint density at radius 2 is 1.57 bits per heavy atom. The number of methoxy groups -OCH3 is 1. The molecule has 0 aliphatic rings. The molecule has 0 heterocycles. The largest absolute Gasteiger partial charge is 0.505 e. The summed E-state index contributed by atoms with van der Waals surface area (Å²) in [5, 5.41) is 0. The molecule has 0 spiro atoms. The maximum atomic E-state index is 4.31.